The van der Waals surface area contributed by atoms with Gasteiger partial charge in [0.1, 0.15) is 6.04 Å². The van der Waals surface area contributed by atoms with E-state index >= 15 is 0 Å². The van der Waals surface area contributed by atoms with Crippen LogP contribution in [0.4, 0.5) is 0 Å². The number of benzene rings is 1. The lowest BCUT2D eigenvalue weighted by Gasteiger charge is -2.37. The standard InChI is InChI=1S/C23H31N3O3/c1-16-5-4-6-19(15-16)21(27)24-20(23(29)25-11-2-3-12-25)17-9-13-26(14-10-17)22(28)18-7-8-18/h4-6,15,17-18,20H,2-3,7-14H2,1H3,(H,24,27)/t20-/m1/s1. The Labute approximate surface area is 172 Å². The van der Waals surface area contributed by atoms with Crippen LogP contribution in [0.3, 0.4) is 0 Å². The topological polar surface area (TPSA) is 69.7 Å². The van der Waals surface area contributed by atoms with Crippen LogP contribution in [0.5, 0.6) is 0 Å². The number of aryl methyl sites for hydroxylation is 1. The molecule has 0 aromatic heterocycles. The van der Waals surface area contributed by atoms with Gasteiger partial charge in [-0.2, -0.15) is 0 Å². The van der Waals surface area contributed by atoms with Crippen molar-refractivity contribution in [1.82, 2.24) is 15.1 Å². The Morgan fingerprint density at radius 2 is 1.66 bits per heavy atom. The van der Waals surface area contributed by atoms with E-state index in [2.05, 4.69) is 5.32 Å². The average molecular weight is 398 g/mol. The fraction of sp³-hybridized carbons (Fsp3) is 0.609. The molecule has 0 bridgehead atoms. The summed E-state index contributed by atoms with van der Waals surface area (Å²) in [5.74, 6) is 0.419. The van der Waals surface area contributed by atoms with Gasteiger partial charge >= 0.3 is 0 Å². The quantitative estimate of drug-likeness (QED) is 0.829. The second kappa shape index (κ2) is 8.56. The van der Waals surface area contributed by atoms with Crippen molar-refractivity contribution in [2.45, 2.75) is 51.5 Å². The molecule has 2 saturated heterocycles. The summed E-state index contributed by atoms with van der Waals surface area (Å²) in [6.07, 6.45) is 5.60. The molecule has 6 heteroatoms. The summed E-state index contributed by atoms with van der Waals surface area (Å²) in [4.78, 5) is 42.3. The molecule has 2 heterocycles. The largest absolute Gasteiger partial charge is 0.342 e. The fourth-order valence-corrected chi connectivity index (χ4v) is 4.57. The molecule has 3 amide bonds. The number of rotatable bonds is 5. The molecule has 3 aliphatic rings. The molecule has 1 aliphatic carbocycles. The van der Waals surface area contributed by atoms with Crippen LogP contribution in [0.25, 0.3) is 0 Å². The summed E-state index contributed by atoms with van der Waals surface area (Å²) in [6.45, 7) is 4.87. The minimum atomic E-state index is -0.515. The lowest BCUT2D eigenvalue weighted by Crippen LogP contribution is -2.54. The number of carbonyl (C=O) groups is 3. The van der Waals surface area contributed by atoms with Gasteiger partial charge in [-0.25, -0.2) is 0 Å². The number of likely N-dealkylation sites (tertiary alicyclic amines) is 2. The van der Waals surface area contributed by atoms with Gasteiger partial charge in [0.15, 0.2) is 0 Å². The molecule has 4 rings (SSSR count). The highest BCUT2D eigenvalue weighted by atomic mass is 16.2. The van der Waals surface area contributed by atoms with Crippen molar-refractivity contribution >= 4 is 17.7 Å². The number of amides is 3. The molecule has 1 aromatic rings. The summed E-state index contributed by atoms with van der Waals surface area (Å²) >= 11 is 0. The molecule has 2 aliphatic heterocycles. The Hall–Kier alpha value is -2.37. The third kappa shape index (κ3) is 4.62. The number of hydrogen-bond acceptors (Lipinski definition) is 3. The molecule has 1 atom stereocenters. The van der Waals surface area contributed by atoms with Crippen LogP contribution >= 0.6 is 0 Å². The third-order valence-electron chi connectivity index (χ3n) is 6.50. The highest BCUT2D eigenvalue weighted by Crippen LogP contribution is 2.33. The molecule has 1 saturated carbocycles. The van der Waals surface area contributed by atoms with Crippen LogP contribution in [0.1, 0.15) is 54.4 Å². The molecule has 0 radical (unpaired) electrons. The van der Waals surface area contributed by atoms with Crippen molar-refractivity contribution in [3.8, 4) is 0 Å². The van der Waals surface area contributed by atoms with E-state index in [1.165, 1.54) is 0 Å². The first-order valence-electron chi connectivity index (χ1n) is 11.0. The molecule has 6 nitrogen and oxygen atoms in total. The number of nitrogens with zero attached hydrogens (tertiary/aromatic N) is 2. The maximum atomic E-state index is 13.2. The van der Waals surface area contributed by atoms with E-state index in [9.17, 15) is 14.4 Å². The molecule has 1 N–H and O–H groups in total. The maximum absolute atomic E-state index is 13.2. The van der Waals surface area contributed by atoms with Gasteiger partial charge in [0.2, 0.25) is 11.8 Å². The van der Waals surface area contributed by atoms with Crippen molar-refractivity contribution in [3.63, 3.8) is 0 Å². The maximum Gasteiger partial charge on any atom is 0.251 e. The molecule has 3 fully saturated rings. The Kier molecular flexibility index (Phi) is 5.88. The highest BCUT2D eigenvalue weighted by molar-refractivity contribution is 5.97. The number of hydrogen-bond donors (Lipinski definition) is 1. The second-order valence-electron chi connectivity index (χ2n) is 8.79. The monoisotopic (exact) mass is 397 g/mol. The first-order valence-corrected chi connectivity index (χ1v) is 11.0. The predicted molar refractivity (Wildman–Crippen MR) is 110 cm³/mol. The van der Waals surface area contributed by atoms with Crippen LogP contribution < -0.4 is 5.32 Å². The minimum absolute atomic E-state index is 0.0375. The third-order valence-corrected chi connectivity index (χ3v) is 6.50. The fourth-order valence-electron chi connectivity index (χ4n) is 4.57. The van der Waals surface area contributed by atoms with Crippen LogP contribution in [0.2, 0.25) is 0 Å². The normalized spacial score (nSPS) is 21.1. The molecule has 29 heavy (non-hydrogen) atoms. The van der Waals surface area contributed by atoms with Crippen LogP contribution in [0.15, 0.2) is 24.3 Å². The molecular weight excluding hydrogens is 366 g/mol. The van der Waals surface area contributed by atoms with E-state index in [0.717, 1.165) is 57.2 Å². The molecule has 0 spiro atoms. The molecule has 0 unspecified atom stereocenters. The van der Waals surface area contributed by atoms with E-state index in [4.69, 9.17) is 0 Å². The predicted octanol–water partition coefficient (Wildman–Crippen LogP) is 2.36. The Bertz CT molecular complexity index is 775. The lowest BCUT2D eigenvalue weighted by molar-refractivity contribution is -0.136. The van der Waals surface area contributed by atoms with Crippen molar-refractivity contribution in [2.75, 3.05) is 26.2 Å². The smallest absolute Gasteiger partial charge is 0.251 e. The summed E-state index contributed by atoms with van der Waals surface area (Å²) < 4.78 is 0. The first kappa shape index (κ1) is 19.9. The summed E-state index contributed by atoms with van der Waals surface area (Å²) in [7, 11) is 0. The average Bonchev–Trinajstić information content (AvgIpc) is 3.44. The zero-order valence-electron chi connectivity index (χ0n) is 17.2. The van der Waals surface area contributed by atoms with Crippen LogP contribution in [-0.2, 0) is 9.59 Å². The van der Waals surface area contributed by atoms with E-state index in [1.807, 2.05) is 34.9 Å². The summed E-state index contributed by atoms with van der Waals surface area (Å²) in [5, 5.41) is 3.05. The van der Waals surface area contributed by atoms with Gasteiger partial charge in [0, 0.05) is 37.7 Å². The lowest BCUT2D eigenvalue weighted by atomic mass is 9.88. The van der Waals surface area contributed by atoms with Crippen LogP contribution in [-0.4, -0.2) is 59.7 Å². The van der Waals surface area contributed by atoms with Gasteiger partial charge in [0.05, 0.1) is 0 Å². The number of carbonyl (C=O) groups excluding carboxylic acids is 3. The Balaban J connectivity index is 1.45. The van der Waals surface area contributed by atoms with Crippen molar-refractivity contribution in [1.29, 1.82) is 0 Å². The van der Waals surface area contributed by atoms with Gasteiger partial charge in [-0.1, -0.05) is 17.7 Å². The van der Waals surface area contributed by atoms with Gasteiger partial charge in [0.25, 0.3) is 5.91 Å². The summed E-state index contributed by atoms with van der Waals surface area (Å²) in [6, 6.07) is 6.94. The van der Waals surface area contributed by atoms with E-state index in [-0.39, 0.29) is 29.6 Å². The van der Waals surface area contributed by atoms with Crippen molar-refractivity contribution < 1.29 is 14.4 Å². The Morgan fingerprint density at radius 3 is 2.28 bits per heavy atom. The zero-order chi connectivity index (χ0) is 20.4. The van der Waals surface area contributed by atoms with Gasteiger partial charge in [-0.3, -0.25) is 14.4 Å². The highest BCUT2D eigenvalue weighted by Gasteiger charge is 2.39. The number of nitrogens with one attached hydrogen (secondary N) is 1. The van der Waals surface area contributed by atoms with Crippen molar-refractivity contribution in [2.24, 2.45) is 11.8 Å². The van der Waals surface area contributed by atoms with E-state index in [1.54, 1.807) is 6.07 Å². The molecular formula is C23H31N3O3. The van der Waals surface area contributed by atoms with Crippen molar-refractivity contribution in [3.05, 3.63) is 35.4 Å². The number of piperidine rings is 1. The van der Waals surface area contributed by atoms with Crippen LogP contribution in [0, 0.1) is 18.8 Å². The zero-order valence-corrected chi connectivity index (χ0v) is 17.2. The van der Waals surface area contributed by atoms with Gasteiger partial charge in [-0.15, -0.1) is 0 Å². The van der Waals surface area contributed by atoms with E-state index < -0.39 is 6.04 Å². The van der Waals surface area contributed by atoms with Gasteiger partial charge < -0.3 is 15.1 Å². The molecule has 1 aromatic carbocycles. The molecule has 156 valence electrons. The minimum Gasteiger partial charge on any atom is -0.342 e. The SMILES string of the molecule is Cc1cccc(C(=O)N[C@@H](C(=O)N2CCCC2)C2CCN(C(=O)C3CC3)CC2)c1. The second-order valence-corrected chi connectivity index (χ2v) is 8.79. The summed E-state index contributed by atoms with van der Waals surface area (Å²) in [5.41, 5.74) is 1.61. The van der Waals surface area contributed by atoms with E-state index in [0.29, 0.717) is 18.7 Å². The first-order chi connectivity index (χ1) is 14.0. The van der Waals surface area contributed by atoms with Gasteiger partial charge in [-0.05, 0) is 63.5 Å². The Morgan fingerprint density at radius 1 is 0.966 bits per heavy atom.